The maximum absolute atomic E-state index is 9.25. The van der Waals surface area contributed by atoms with Gasteiger partial charge in [-0.05, 0) is 78.8 Å². The third kappa shape index (κ3) is 4.18. The molecule has 49 heavy (non-hydrogen) atoms. The molecule has 6 aromatic carbocycles. The molecule has 0 saturated carbocycles. The van der Waals surface area contributed by atoms with Crippen LogP contribution in [0.5, 0.6) is 11.5 Å². The van der Waals surface area contributed by atoms with Crippen LogP contribution in [0.25, 0.3) is 33.4 Å². The minimum Gasteiger partial charge on any atom is -0.456 e. The molecule has 1 aliphatic carbocycles. The summed E-state index contributed by atoms with van der Waals surface area (Å²) in [5.74, 6) is 1.61. The van der Waals surface area contributed by atoms with E-state index in [1.807, 2.05) is 24.3 Å². The first-order chi connectivity index (χ1) is 23.7. The molecule has 0 aromatic heterocycles. The Morgan fingerprint density at radius 1 is 0.490 bits per heavy atom. The summed E-state index contributed by atoms with van der Waals surface area (Å²) in [5.41, 5.74) is 11.3. The van der Waals surface area contributed by atoms with Crippen LogP contribution >= 0.6 is 0 Å². The van der Waals surface area contributed by atoms with Crippen molar-refractivity contribution >= 4 is 12.6 Å². The van der Waals surface area contributed by atoms with Gasteiger partial charge in [-0.25, -0.2) is 0 Å². The molecule has 0 atom stereocenters. The molecule has 3 aliphatic rings. The number of hydrogen-bond acceptors (Lipinski definition) is 4. The SMILES string of the molecule is CC1(C)OB(c2cccc3c2Oc2c(-c4ccc(-c5ccc(C#N)cc5)cc4)cccc2C32c3ccccc3-c3ccccc32)OC1(C)C. The van der Waals surface area contributed by atoms with Crippen molar-refractivity contribution in [1.82, 2.24) is 0 Å². The fraction of sp³-hybridized carbons (Fsp3) is 0.159. The lowest BCUT2D eigenvalue weighted by molar-refractivity contribution is 0.00578. The monoisotopic (exact) mass is 635 g/mol. The smallest absolute Gasteiger partial charge is 0.456 e. The highest BCUT2D eigenvalue weighted by atomic mass is 16.7. The van der Waals surface area contributed by atoms with E-state index >= 15 is 0 Å². The lowest BCUT2D eigenvalue weighted by atomic mass is 9.63. The van der Waals surface area contributed by atoms with Crippen LogP contribution in [0.2, 0.25) is 0 Å². The van der Waals surface area contributed by atoms with E-state index in [-0.39, 0.29) is 0 Å². The van der Waals surface area contributed by atoms with E-state index in [0.29, 0.717) is 5.56 Å². The minimum atomic E-state index is -0.617. The van der Waals surface area contributed by atoms with Crippen LogP contribution < -0.4 is 10.2 Å². The predicted octanol–water partition coefficient (Wildman–Crippen LogP) is 9.66. The number of nitriles is 1. The molecule has 236 valence electrons. The summed E-state index contributed by atoms with van der Waals surface area (Å²) in [6, 6.07) is 49.0. The Hall–Kier alpha value is -5.41. The molecule has 2 aliphatic heterocycles. The van der Waals surface area contributed by atoms with Gasteiger partial charge < -0.3 is 14.0 Å². The molecule has 1 saturated heterocycles. The Morgan fingerprint density at radius 3 is 1.55 bits per heavy atom. The maximum atomic E-state index is 9.25. The number of para-hydroxylation sites is 2. The van der Waals surface area contributed by atoms with E-state index in [4.69, 9.17) is 14.0 Å². The molecule has 5 heteroatoms. The zero-order chi connectivity index (χ0) is 33.5. The second kappa shape index (κ2) is 10.5. The Morgan fingerprint density at radius 2 is 0.959 bits per heavy atom. The van der Waals surface area contributed by atoms with Crippen molar-refractivity contribution in [2.45, 2.75) is 44.3 Å². The van der Waals surface area contributed by atoms with Crippen LogP contribution in [0.1, 0.15) is 55.5 Å². The largest absolute Gasteiger partial charge is 0.498 e. The van der Waals surface area contributed by atoms with Gasteiger partial charge in [0.1, 0.15) is 11.5 Å². The molecule has 0 radical (unpaired) electrons. The first-order valence-electron chi connectivity index (χ1n) is 16.8. The molecule has 4 nitrogen and oxygen atoms in total. The van der Waals surface area contributed by atoms with Gasteiger partial charge in [0.2, 0.25) is 0 Å². The zero-order valence-electron chi connectivity index (χ0n) is 28.0. The summed E-state index contributed by atoms with van der Waals surface area (Å²) < 4.78 is 20.5. The Balaban J connectivity index is 1.28. The Kier molecular flexibility index (Phi) is 6.39. The lowest BCUT2D eigenvalue weighted by Crippen LogP contribution is -2.41. The van der Waals surface area contributed by atoms with Gasteiger partial charge in [0, 0.05) is 22.2 Å². The van der Waals surface area contributed by atoms with Crippen molar-refractivity contribution in [3.8, 4) is 50.9 Å². The van der Waals surface area contributed by atoms with Gasteiger partial charge in [0.15, 0.2) is 0 Å². The van der Waals surface area contributed by atoms with Crippen LogP contribution in [0.4, 0.5) is 0 Å². The highest BCUT2D eigenvalue weighted by molar-refractivity contribution is 6.63. The summed E-state index contributed by atoms with van der Waals surface area (Å²) in [4.78, 5) is 0. The van der Waals surface area contributed by atoms with E-state index in [2.05, 4.69) is 143 Å². The molecule has 0 N–H and O–H groups in total. The third-order valence-corrected chi connectivity index (χ3v) is 11.1. The maximum Gasteiger partial charge on any atom is 0.498 e. The Bertz CT molecular complexity index is 2270. The first-order valence-corrected chi connectivity index (χ1v) is 16.8. The molecule has 2 heterocycles. The topological polar surface area (TPSA) is 51.5 Å². The van der Waals surface area contributed by atoms with Crippen molar-refractivity contribution in [2.75, 3.05) is 0 Å². The molecule has 1 spiro atoms. The van der Waals surface area contributed by atoms with Crippen LogP contribution in [0, 0.1) is 11.3 Å². The number of hydrogen-bond donors (Lipinski definition) is 0. The minimum absolute atomic E-state index is 0.501. The van der Waals surface area contributed by atoms with E-state index in [1.54, 1.807) is 0 Å². The van der Waals surface area contributed by atoms with Gasteiger partial charge in [-0.1, -0.05) is 121 Å². The highest BCUT2D eigenvalue weighted by Crippen LogP contribution is 2.63. The molecule has 0 amide bonds. The van der Waals surface area contributed by atoms with Crippen LogP contribution in [0.3, 0.4) is 0 Å². The van der Waals surface area contributed by atoms with E-state index in [9.17, 15) is 5.26 Å². The average Bonchev–Trinajstić information content (AvgIpc) is 3.54. The average molecular weight is 636 g/mol. The summed E-state index contributed by atoms with van der Waals surface area (Å²) in [6.07, 6.45) is 0. The lowest BCUT2D eigenvalue weighted by Gasteiger charge is -2.41. The fourth-order valence-electron chi connectivity index (χ4n) is 7.93. The van der Waals surface area contributed by atoms with Gasteiger partial charge in [-0.15, -0.1) is 0 Å². The molecule has 0 unspecified atom stereocenters. The van der Waals surface area contributed by atoms with E-state index in [0.717, 1.165) is 50.3 Å². The Labute approximate surface area is 287 Å². The molecular weight excluding hydrogens is 601 g/mol. The number of fused-ring (bicyclic) bond motifs is 9. The zero-order valence-corrected chi connectivity index (χ0v) is 28.0. The standard InChI is InChI=1S/C44H34BNO3/c1-42(2)43(3,4)49-45(48-42)39-18-10-17-38-41(39)47-40-32(31-25-23-30(24-26-31)29-21-19-28(27-46)20-22-29)13-9-16-37(40)44(38)35-14-7-5-11-33(35)34-12-6-8-15-36(34)44/h5-26H,1-4H3. The second-order valence-corrected chi connectivity index (χ2v) is 14.2. The van der Waals surface area contributed by atoms with E-state index in [1.165, 1.54) is 22.3 Å². The number of nitrogens with zero attached hydrogens (tertiary/aromatic N) is 1. The first kappa shape index (κ1) is 29.7. The second-order valence-electron chi connectivity index (χ2n) is 14.2. The molecule has 0 bridgehead atoms. The normalized spacial score (nSPS) is 17.0. The summed E-state index contributed by atoms with van der Waals surface area (Å²) in [7, 11) is -0.593. The van der Waals surface area contributed by atoms with E-state index < -0.39 is 23.7 Å². The highest BCUT2D eigenvalue weighted by Gasteiger charge is 2.56. The van der Waals surface area contributed by atoms with Crippen LogP contribution in [-0.4, -0.2) is 18.3 Å². The number of rotatable bonds is 3. The number of benzene rings is 6. The van der Waals surface area contributed by atoms with Crippen molar-refractivity contribution in [1.29, 1.82) is 5.26 Å². The van der Waals surface area contributed by atoms with Gasteiger partial charge >= 0.3 is 7.12 Å². The number of ether oxygens (including phenoxy) is 1. The molecule has 9 rings (SSSR count). The third-order valence-electron chi connectivity index (χ3n) is 11.1. The van der Waals surface area contributed by atoms with Crippen LogP contribution in [-0.2, 0) is 14.7 Å². The molecule has 1 fully saturated rings. The van der Waals surface area contributed by atoms with Crippen molar-refractivity contribution < 1.29 is 14.0 Å². The summed E-state index contributed by atoms with van der Waals surface area (Å²) in [5, 5.41) is 9.25. The summed E-state index contributed by atoms with van der Waals surface area (Å²) >= 11 is 0. The van der Waals surface area contributed by atoms with Crippen molar-refractivity contribution in [2.24, 2.45) is 0 Å². The molecular formula is C44H34BNO3. The van der Waals surface area contributed by atoms with Crippen LogP contribution in [0.15, 0.2) is 133 Å². The quantitative estimate of drug-likeness (QED) is 0.182. The van der Waals surface area contributed by atoms with Gasteiger partial charge in [-0.3, -0.25) is 0 Å². The van der Waals surface area contributed by atoms with Crippen molar-refractivity contribution in [3.63, 3.8) is 0 Å². The predicted molar refractivity (Wildman–Crippen MR) is 195 cm³/mol. The summed E-state index contributed by atoms with van der Waals surface area (Å²) in [6.45, 7) is 8.35. The molecule has 6 aromatic rings. The van der Waals surface area contributed by atoms with Gasteiger partial charge in [0.05, 0.1) is 28.2 Å². The fourth-order valence-corrected chi connectivity index (χ4v) is 7.93. The van der Waals surface area contributed by atoms with Gasteiger partial charge in [-0.2, -0.15) is 5.26 Å². The van der Waals surface area contributed by atoms with Crippen molar-refractivity contribution in [3.05, 3.63) is 161 Å². The van der Waals surface area contributed by atoms with Gasteiger partial charge in [0.25, 0.3) is 0 Å².